The maximum atomic E-state index is 12.8. The van der Waals surface area contributed by atoms with E-state index in [0.29, 0.717) is 13.0 Å². The Hall–Kier alpha value is -3.67. The number of amides is 1. The van der Waals surface area contributed by atoms with Crippen LogP contribution >= 0.6 is 11.6 Å². The van der Waals surface area contributed by atoms with Crippen molar-refractivity contribution in [2.24, 2.45) is 4.99 Å². The second-order valence-corrected chi connectivity index (χ2v) is 11.0. The fourth-order valence-electron chi connectivity index (χ4n) is 3.35. The molecule has 1 heterocycles. The summed E-state index contributed by atoms with van der Waals surface area (Å²) in [5.74, 6) is -1.99. The van der Waals surface area contributed by atoms with Gasteiger partial charge in [-0.1, -0.05) is 35.9 Å². The Balaban J connectivity index is 0.000000708. The number of carboxylic acids is 1. The van der Waals surface area contributed by atoms with Crippen LogP contribution in [0.2, 0.25) is 5.02 Å². The highest BCUT2D eigenvalue weighted by Crippen LogP contribution is 2.25. The van der Waals surface area contributed by atoms with Crippen LogP contribution in [0.1, 0.15) is 23.1 Å². The van der Waals surface area contributed by atoms with Crippen molar-refractivity contribution >= 4 is 39.3 Å². The molecule has 15 heteroatoms. The summed E-state index contributed by atoms with van der Waals surface area (Å²) >= 11 is 6.05. The van der Waals surface area contributed by atoms with Crippen molar-refractivity contribution in [3.8, 4) is 6.07 Å². The third kappa shape index (κ3) is 9.22. The predicted octanol–water partition coefficient (Wildman–Crippen LogP) is 2.91. The van der Waals surface area contributed by atoms with E-state index in [0.717, 1.165) is 34.4 Å². The number of carboxylic acid groups (broad SMARTS) is 1. The Morgan fingerprint density at radius 2 is 1.77 bits per heavy atom. The number of halogens is 4. The number of nitriles is 1. The van der Waals surface area contributed by atoms with E-state index in [-0.39, 0.29) is 34.4 Å². The number of hydrogen-bond acceptors (Lipinski definition) is 7. The number of alkyl halides is 3. The molecule has 0 unspecified atom stereocenters. The normalized spacial score (nSPS) is 13.0. The average Bonchev–Trinajstić information content (AvgIpc) is 3.45. The van der Waals surface area contributed by atoms with Gasteiger partial charge in [-0.2, -0.15) is 18.4 Å². The Morgan fingerprint density at radius 3 is 2.27 bits per heavy atom. The number of carbonyl (C=O) groups is 2. The number of hydrogen-bond donors (Lipinski definition) is 2. The van der Waals surface area contributed by atoms with Gasteiger partial charge in [-0.3, -0.25) is 9.79 Å². The third-order valence-electron chi connectivity index (χ3n) is 5.70. The number of sulfonamides is 1. The number of likely N-dealkylation sites (N-methyl/N-ethyl adjacent to an activating group) is 1. The molecule has 1 amide bonds. The summed E-state index contributed by atoms with van der Waals surface area (Å²) < 4.78 is 58.4. The quantitative estimate of drug-likeness (QED) is 0.450. The number of rotatable bonds is 9. The van der Waals surface area contributed by atoms with Gasteiger partial charge in [0.2, 0.25) is 15.9 Å². The summed E-state index contributed by atoms with van der Waals surface area (Å²) in [7, 11) is -0.763. The van der Waals surface area contributed by atoms with Gasteiger partial charge in [0.05, 0.1) is 23.2 Å². The van der Waals surface area contributed by atoms with Crippen LogP contribution in [0.3, 0.4) is 0 Å². The lowest BCUT2D eigenvalue weighted by atomic mass is 10.1. The molecule has 0 fully saturated rings. The molecule has 0 aromatic heterocycles. The van der Waals surface area contributed by atoms with Gasteiger partial charge in [0.1, 0.15) is 10.7 Å². The van der Waals surface area contributed by atoms with Crippen LogP contribution in [0.15, 0.2) is 52.4 Å². The molecule has 0 spiro atoms. The van der Waals surface area contributed by atoms with E-state index in [4.69, 9.17) is 26.8 Å². The molecule has 0 saturated carbocycles. The maximum absolute atomic E-state index is 12.8. The molecule has 1 aliphatic rings. The van der Waals surface area contributed by atoms with Crippen LogP contribution in [0, 0.1) is 11.3 Å². The molecule has 216 valence electrons. The van der Waals surface area contributed by atoms with Gasteiger partial charge in [-0.05, 0) is 30.2 Å². The lowest BCUT2D eigenvalue weighted by Crippen LogP contribution is -2.34. The lowest BCUT2D eigenvalue weighted by molar-refractivity contribution is -0.192. The number of carbonyl (C=O) groups excluding carboxylic acids is 1. The van der Waals surface area contributed by atoms with E-state index in [9.17, 15) is 26.4 Å². The Kier molecular flexibility index (Phi) is 11.5. The number of aliphatic carboxylic acids is 1. The van der Waals surface area contributed by atoms with Crippen LogP contribution < -0.4 is 5.32 Å². The summed E-state index contributed by atoms with van der Waals surface area (Å²) in [6, 6.07) is 14.0. The minimum absolute atomic E-state index is 0.0195. The van der Waals surface area contributed by atoms with Gasteiger partial charge < -0.3 is 15.3 Å². The van der Waals surface area contributed by atoms with E-state index in [1.807, 2.05) is 30.3 Å². The zero-order valence-corrected chi connectivity index (χ0v) is 23.1. The minimum atomic E-state index is -5.08. The van der Waals surface area contributed by atoms with Crippen molar-refractivity contribution in [1.29, 1.82) is 5.26 Å². The molecule has 40 heavy (non-hydrogen) atoms. The van der Waals surface area contributed by atoms with Crippen molar-refractivity contribution in [2.75, 3.05) is 40.3 Å². The first-order valence-corrected chi connectivity index (χ1v) is 13.6. The number of aliphatic imine (C=N–C) groups is 1. The van der Waals surface area contributed by atoms with Crippen LogP contribution in [-0.2, 0) is 26.0 Å². The van der Waals surface area contributed by atoms with E-state index < -0.39 is 22.2 Å². The molecule has 0 saturated heterocycles. The van der Waals surface area contributed by atoms with Gasteiger partial charge in [0, 0.05) is 45.7 Å². The summed E-state index contributed by atoms with van der Waals surface area (Å²) in [4.78, 5) is 27.3. The monoisotopic (exact) mass is 601 g/mol. The van der Waals surface area contributed by atoms with Gasteiger partial charge in [-0.25, -0.2) is 17.5 Å². The molecule has 0 radical (unpaired) electrons. The maximum Gasteiger partial charge on any atom is 0.490 e. The number of nitrogens with one attached hydrogen (secondary N) is 1. The molecular formula is C25H27ClF3N5O5S. The van der Waals surface area contributed by atoms with Gasteiger partial charge in [0.15, 0.2) is 0 Å². The first-order chi connectivity index (χ1) is 18.7. The van der Waals surface area contributed by atoms with Crippen molar-refractivity contribution in [3.63, 3.8) is 0 Å². The fourth-order valence-corrected chi connectivity index (χ4v) is 5.04. The third-order valence-corrected chi connectivity index (χ3v) is 8.04. The number of benzene rings is 2. The first-order valence-electron chi connectivity index (χ1n) is 11.7. The van der Waals surface area contributed by atoms with Crippen molar-refractivity contribution in [3.05, 3.63) is 64.2 Å². The smallest absolute Gasteiger partial charge is 0.475 e. The predicted molar refractivity (Wildman–Crippen MR) is 141 cm³/mol. The van der Waals surface area contributed by atoms with Crippen LogP contribution in [0.5, 0.6) is 0 Å². The zero-order chi connectivity index (χ0) is 30.1. The highest BCUT2D eigenvalue weighted by Gasteiger charge is 2.38. The molecule has 0 aliphatic carbocycles. The summed E-state index contributed by atoms with van der Waals surface area (Å²) in [5.41, 5.74) is 2.43. The number of amidine groups is 1. The Morgan fingerprint density at radius 1 is 1.15 bits per heavy atom. The van der Waals surface area contributed by atoms with Gasteiger partial charge in [0.25, 0.3) is 0 Å². The summed E-state index contributed by atoms with van der Waals surface area (Å²) in [6.45, 7) is 2.20. The molecule has 3 rings (SSSR count). The summed E-state index contributed by atoms with van der Waals surface area (Å²) in [5, 5.41) is 19.3. The van der Waals surface area contributed by atoms with Gasteiger partial charge in [-0.15, -0.1) is 0 Å². The average molecular weight is 602 g/mol. The molecule has 0 atom stereocenters. The zero-order valence-electron chi connectivity index (χ0n) is 21.6. The molecule has 10 nitrogen and oxygen atoms in total. The Bertz CT molecular complexity index is 1390. The number of nitrogens with zero attached hydrogens (tertiary/aromatic N) is 4. The summed E-state index contributed by atoms with van der Waals surface area (Å²) in [6.07, 6.45) is -4.35. The van der Waals surface area contributed by atoms with E-state index >= 15 is 0 Å². The minimum Gasteiger partial charge on any atom is -0.475 e. The van der Waals surface area contributed by atoms with Crippen molar-refractivity contribution < 1.29 is 36.3 Å². The molecule has 0 bridgehead atoms. The largest absolute Gasteiger partial charge is 0.490 e. The van der Waals surface area contributed by atoms with E-state index in [1.54, 1.807) is 11.9 Å². The van der Waals surface area contributed by atoms with Crippen LogP contribution in [0.25, 0.3) is 0 Å². The highest BCUT2D eigenvalue weighted by atomic mass is 35.5. The first kappa shape index (κ1) is 32.5. The van der Waals surface area contributed by atoms with Crippen LogP contribution in [-0.4, -0.2) is 86.9 Å². The van der Waals surface area contributed by atoms with Crippen molar-refractivity contribution in [1.82, 2.24) is 14.5 Å². The molecule has 2 N–H and O–H groups in total. The van der Waals surface area contributed by atoms with Crippen LogP contribution in [0.4, 0.5) is 13.2 Å². The Labute approximate surface area is 234 Å². The topological polar surface area (TPSA) is 143 Å². The fraction of sp³-hybridized carbons (Fsp3) is 0.360. The molecule has 1 aliphatic heterocycles. The SMILES string of the molecule is CN(CCc1ccc(C2=NCCN2)cc1)C(=O)CCN(C)S(=O)(=O)c1ccc(C#N)cc1Cl.O=C(O)C(F)(F)F. The van der Waals surface area contributed by atoms with E-state index in [2.05, 4.69) is 10.3 Å². The second-order valence-electron chi connectivity index (χ2n) is 8.56. The van der Waals surface area contributed by atoms with Gasteiger partial charge >= 0.3 is 12.1 Å². The molecular weight excluding hydrogens is 575 g/mol. The second kappa shape index (κ2) is 14.1. The molecule has 2 aromatic carbocycles. The lowest BCUT2D eigenvalue weighted by Gasteiger charge is -2.21. The highest BCUT2D eigenvalue weighted by molar-refractivity contribution is 7.89. The molecule has 2 aromatic rings. The standard InChI is InChI=1S/C23H26ClN5O3S.C2HF3O2/c1-28(13-9-17-3-6-19(7-4-17)23-26-11-12-27-23)22(30)10-14-29(2)33(31,32)21-8-5-18(16-25)15-20(21)24;3-2(4,5)1(6)7/h3-8,15H,9-14H2,1-2H3,(H,26,27);(H,6,7). The van der Waals surface area contributed by atoms with Crippen molar-refractivity contribution in [2.45, 2.75) is 23.9 Å². The van der Waals surface area contributed by atoms with E-state index in [1.165, 1.54) is 25.2 Å².